The lowest BCUT2D eigenvalue weighted by Gasteiger charge is -2.09. The van der Waals surface area contributed by atoms with E-state index in [1.54, 1.807) is 6.07 Å². The van der Waals surface area contributed by atoms with Crippen molar-refractivity contribution in [2.45, 2.75) is 13.8 Å². The fraction of sp³-hybridized carbons (Fsp3) is 0.455. The second-order valence-electron chi connectivity index (χ2n) is 3.83. The Bertz CT molecular complexity index is 380. The summed E-state index contributed by atoms with van der Waals surface area (Å²) in [6, 6.07) is 3.11. The number of rotatable bonds is 4. The van der Waals surface area contributed by atoms with Crippen molar-refractivity contribution in [3.8, 4) is 0 Å². The van der Waals surface area contributed by atoms with E-state index in [9.17, 15) is 4.79 Å². The highest BCUT2D eigenvalue weighted by Crippen LogP contribution is 2.15. The first kappa shape index (κ1) is 12.8. The third kappa shape index (κ3) is 3.70. The molecule has 0 amide bonds. The first-order valence-electron chi connectivity index (χ1n) is 5.02. The Hall–Kier alpha value is -1.29. The molecule has 88 valence electrons. The molecule has 1 N–H and O–H groups in total. The number of hydrogen-bond acceptors (Lipinski definition) is 4. The number of nitrogens with one attached hydrogen (secondary N) is 1. The van der Waals surface area contributed by atoms with Gasteiger partial charge >= 0.3 is 5.97 Å². The SMILES string of the molecule is COC(=O)c1cc(Cl)nc(NCC(C)C)c1. The van der Waals surface area contributed by atoms with Crippen molar-refractivity contribution >= 4 is 23.4 Å². The Morgan fingerprint density at radius 2 is 2.25 bits per heavy atom. The number of esters is 1. The highest BCUT2D eigenvalue weighted by molar-refractivity contribution is 6.29. The van der Waals surface area contributed by atoms with Crippen LogP contribution in [0.25, 0.3) is 0 Å². The van der Waals surface area contributed by atoms with Gasteiger partial charge in [-0.05, 0) is 18.1 Å². The molecule has 0 saturated heterocycles. The zero-order valence-electron chi connectivity index (χ0n) is 9.58. The number of halogens is 1. The van der Waals surface area contributed by atoms with Crippen LogP contribution in [0.3, 0.4) is 0 Å². The molecule has 0 spiro atoms. The predicted octanol–water partition coefficient (Wildman–Crippen LogP) is 2.59. The molecule has 1 aromatic heterocycles. The van der Waals surface area contributed by atoms with E-state index in [1.807, 2.05) is 0 Å². The van der Waals surface area contributed by atoms with Crippen LogP contribution < -0.4 is 5.32 Å². The van der Waals surface area contributed by atoms with Crippen LogP contribution in [0.1, 0.15) is 24.2 Å². The van der Waals surface area contributed by atoms with Crippen molar-refractivity contribution < 1.29 is 9.53 Å². The number of ether oxygens (including phenoxy) is 1. The first-order chi connectivity index (χ1) is 7.52. The van der Waals surface area contributed by atoms with E-state index in [-0.39, 0.29) is 5.15 Å². The van der Waals surface area contributed by atoms with Crippen LogP contribution in [0.2, 0.25) is 5.15 Å². The van der Waals surface area contributed by atoms with Crippen LogP contribution in [-0.4, -0.2) is 24.6 Å². The summed E-state index contributed by atoms with van der Waals surface area (Å²) in [6.45, 7) is 4.94. The van der Waals surface area contributed by atoms with Crippen LogP contribution in [0.5, 0.6) is 0 Å². The number of aromatic nitrogens is 1. The standard InChI is InChI=1S/C11H15ClN2O2/c1-7(2)6-13-10-5-8(11(15)16-3)4-9(12)14-10/h4-5,7H,6H2,1-3H3,(H,13,14). The molecule has 0 fully saturated rings. The molecule has 0 aliphatic rings. The summed E-state index contributed by atoms with van der Waals surface area (Å²) in [5, 5.41) is 3.37. The average molecular weight is 243 g/mol. The smallest absolute Gasteiger partial charge is 0.338 e. The van der Waals surface area contributed by atoms with E-state index in [0.717, 1.165) is 6.54 Å². The molecule has 16 heavy (non-hydrogen) atoms. The van der Waals surface area contributed by atoms with Crippen molar-refractivity contribution in [3.63, 3.8) is 0 Å². The monoisotopic (exact) mass is 242 g/mol. The molecular weight excluding hydrogens is 228 g/mol. The molecule has 0 bridgehead atoms. The summed E-state index contributed by atoms with van der Waals surface area (Å²) in [7, 11) is 1.33. The molecule has 1 aromatic rings. The lowest BCUT2D eigenvalue weighted by molar-refractivity contribution is 0.0600. The number of pyridine rings is 1. The van der Waals surface area contributed by atoms with E-state index in [4.69, 9.17) is 11.6 Å². The van der Waals surface area contributed by atoms with Gasteiger partial charge in [0.25, 0.3) is 0 Å². The van der Waals surface area contributed by atoms with E-state index in [0.29, 0.717) is 17.3 Å². The molecule has 0 aromatic carbocycles. The minimum absolute atomic E-state index is 0.272. The molecule has 4 nitrogen and oxygen atoms in total. The minimum atomic E-state index is -0.420. The number of carbonyl (C=O) groups excluding carboxylic acids is 1. The zero-order valence-corrected chi connectivity index (χ0v) is 10.3. The Balaban J connectivity index is 2.85. The molecule has 0 aliphatic carbocycles. The topological polar surface area (TPSA) is 51.2 Å². The second-order valence-corrected chi connectivity index (χ2v) is 4.22. The number of anilines is 1. The molecule has 0 unspecified atom stereocenters. The van der Waals surface area contributed by atoms with Crippen LogP contribution in [0.4, 0.5) is 5.82 Å². The predicted molar refractivity (Wildman–Crippen MR) is 63.9 cm³/mol. The van der Waals surface area contributed by atoms with E-state index >= 15 is 0 Å². The van der Waals surface area contributed by atoms with Crippen molar-refractivity contribution in [2.75, 3.05) is 19.0 Å². The molecule has 0 atom stereocenters. The Morgan fingerprint density at radius 1 is 1.56 bits per heavy atom. The van der Waals surface area contributed by atoms with E-state index < -0.39 is 5.97 Å². The molecule has 0 aliphatic heterocycles. The largest absolute Gasteiger partial charge is 0.465 e. The van der Waals surface area contributed by atoms with Gasteiger partial charge in [0.1, 0.15) is 11.0 Å². The normalized spacial score (nSPS) is 10.3. The van der Waals surface area contributed by atoms with Crippen molar-refractivity contribution in [1.29, 1.82) is 0 Å². The van der Waals surface area contributed by atoms with Gasteiger partial charge in [-0.2, -0.15) is 0 Å². The maximum atomic E-state index is 11.3. The molecule has 1 heterocycles. The molecule has 1 rings (SSSR count). The van der Waals surface area contributed by atoms with Gasteiger partial charge in [0.05, 0.1) is 12.7 Å². The summed E-state index contributed by atoms with van der Waals surface area (Å²) in [5.74, 6) is 0.654. The van der Waals surface area contributed by atoms with Gasteiger partial charge in [0.2, 0.25) is 0 Å². The van der Waals surface area contributed by atoms with E-state index in [2.05, 4.69) is 28.9 Å². The minimum Gasteiger partial charge on any atom is -0.465 e. The van der Waals surface area contributed by atoms with Gasteiger partial charge in [-0.25, -0.2) is 9.78 Å². The summed E-state index contributed by atoms with van der Waals surface area (Å²) >= 11 is 5.81. The van der Waals surface area contributed by atoms with Crippen LogP contribution in [0, 0.1) is 5.92 Å². The van der Waals surface area contributed by atoms with Crippen molar-refractivity contribution in [3.05, 3.63) is 22.8 Å². The third-order valence-corrected chi connectivity index (χ3v) is 2.10. The van der Waals surface area contributed by atoms with Gasteiger partial charge in [-0.1, -0.05) is 25.4 Å². The Labute approximate surface area is 100.0 Å². The second kappa shape index (κ2) is 5.70. The fourth-order valence-corrected chi connectivity index (χ4v) is 1.34. The fourth-order valence-electron chi connectivity index (χ4n) is 1.13. The molecule has 0 radical (unpaired) electrons. The number of nitrogens with zero attached hydrogens (tertiary/aromatic N) is 1. The summed E-state index contributed by atoms with van der Waals surface area (Å²) in [6.07, 6.45) is 0. The number of methoxy groups -OCH3 is 1. The Morgan fingerprint density at radius 3 is 2.81 bits per heavy atom. The van der Waals surface area contributed by atoms with Crippen molar-refractivity contribution in [1.82, 2.24) is 4.98 Å². The molecular formula is C11H15ClN2O2. The zero-order chi connectivity index (χ0) is 12.1. The van der Waals surface area contributed by atoms with Gasteiger partial charge in [-0.15, -0.1) is 0 Å². The van der Waals surface area contributed by atoms with Crippen LogP contribution in [0.15, 0.2) is 12.1 Å². The van der Waals surface area contributed by atoms with Crippen molar-refractivity contribution in [2.24, 2.45) is 5.92 Å². The molecule has 0 saturated carbocycles. The maximum Gasteiger partial charge on any atom is 0.338 e. The summed E-state index contributed by atoms with van der Waals surface area (Å²) < 4.78 is 4.62. The van der Waals surface area contributed by atoms with Gasteiger partial charge in [-0.3, -0.25) is 0 Å². The van der Waals surface area contributed by atoms with E-state index in [1.165, 1.54) is 13.2 Å². The highest BCUT2D eigenvalue weighted by atomic mass is 35.5. The quantitative estimate of drug-likeness (QED) is 0.651. The van der Waals surface area contributed by atoms with Gasteiger partial charge in [0.15, 0.2) is 0 Å². The lowest BCUT2D eigenvalue weighted by Crippen LogP contribution is -2.10. The maximum absolute atomic E-state index is 11.3. The van der Waals surface area contributed by atoms with Crippen LogP contribution in [-0.2, 0) is 4.74 Å². The molecule has 5 heteroatoms. The lowest BCUT2D eigenvalue weighted by atomic mass is 10.2. The summed E-state index contributed by atoms with van der Waals surface area (Å²) in [5.41, 5.74) is 0.397. The first-order valence-corrected chi connectivity index (χ1v) is 5.40. The van der Waals surface area contributed by atoms with Crippen LogP contribution >= 0.6 is 11.6 Å². The Kier molecular flexibility index (Phi) is 4.55. The third-order valence-electron chi connectivity index (χ3n) is 1.91. The number of carbonyl (C=O) groups is 1. The number of hydrogen-bond donors (Lipinski definition) is 1. The van der Waals surface area contributed by atoms with Gasteiger partial charge in [0, 0.05) is 6.54 Å². The summed E-state index contributed by atoms with van der Waals surface area (Å²) in [4.78, 5) is 15.4. The van der Waals surface area contributed by atoms with Gasteiger partial charge < -0.3 is 10.1 Å². The average Bonchev–Trinajstić information content (AvgIpc) is 2.24. The highest BCUT2D eigenvalue weighted by Gasteiger charge is 2.09.